The second kappa shape index (κ2) is 8.71. The maximum atomic E-state index is 12.1. The molecule has 0 aromatic heterocycles. The van der Waals surface area contributed by atoms with Crippen LogP contribution in [-0.4, -0.2) is 31.5 Å². The first kappa shape index (κ1) is 18.3. The topological polar surface area (TPSA) is 41.6 Å². The van der Waals surface area contributed by atoms with Crippen LogP contribution in [0.1, 0.15) is 24.1 Å². The molecule has 1 unspecified atom stereocenters. The van der Waals surface area contributed by atoms with Crippen molar-refractivity contribution in [3.63, 3.8) is 0 Å². The van der Waals surface area contributed by atoms with Gasteiger partial charge in [0.25, 0.3) is 0 Å². The Morgan fingerprint density at radius 2 is 1.79 bits per heavy atom. The summed E-state index contributed by atoms with van der Waals surface area (Å²) in [4.78, 5) is 14.1. The van der Waals surface area contributed by atoms with Gasteiger partial charge in [-0.05, 0) is 49.4 Å². The molecule has 0 bridgehead atoms. The van der Waals surface area contributed by atoms with Crippen molar-refractivity contribution >= 4 is 17.5 Å². The van der Waals surface area contributed by atoms with Gasteiger partial charge in [0.15, 0.2) is 0 Å². The summed E-state index contributed by atoms with van der Waals surface area (Å²) in [5.74, 6) is 0.802. The van der Waals surface area contributed by atoms with Crippen molar-refractivity contribution < 1.29 is 9.53 Å². The van der Waals surface area contributed by atoms with Gasteiger partial charge in [-0.1, -0.05) is 35.9 Å². The van der Waals surface area contributed by atoms with Crippen molar-refractivity contribution in [2.45, 2.75) is 19.5 Å². The van der Waals surface area contributed by atoms with Gasteiger partial charge in [0.1, 0.15) is 5.75 Å². The quantitative estimate of drug-likeness (QED) is 0.832. The minimum absolute atomic E-state index is 0.00543. The second-order valence-electron chi connectivity index (χ2n) is 5.77. The van der Waals surface area contributed by atoms with Crippen molar-refractivity contribution in [2.24, 2.45) is 0 Å². The number of nitrogens with zero attached hydrogens (tertiary/aromatic N) is 1. The third-order valence-electron chi connectivity index (χ3n) is 4.06. The Morgan fingerprint density at radius 1 is 1.17 bits per heavy atom. The lowest BCUT2D eigenvalue weighted by Gasteiger charge is -2.24. The normalized spacial score (nSPS) is 12.0. The van der Waals surface area contributed by atoms with E-state index in [9.17, 15) is 4.79 Å². The molecule has 1 amide bonds. The van der Waals surface area contributed by atoms with E-state index in [2.05, 4.69) is 12.2 Å². The molecule has 2 aromatic rings. The van der Waals surface area contributed by atoms with Gasteiger partial charge in [0.2, 0.25) is 5.91 Å². The average molecular weight is 347 g/mol. The van der Waals surface area contributed by atoms with E-state index in [-0.39, 0.29) is 11.9 Å². The molecule has 0 heterocycles. The molecule has 0 aliphatic heterocycles. The first-order chi connectivity index (χ1) is 11.5. The van der Waals surface area contributed by atoms with E-state index in [0.717, 1.165) is 16.9 Å². The van der Waals surface area contributed by atoms with Crippen LogP contribution in [0, 0.1) is 0 Å². The van der Waals surface area contributed by atoms with Gasteiger partial charge >= 0.3 is 0 Å². The predicted octanol–water partition coefficient (Wildman–Crippen LogP) is 3.66. The smallest absolute Gasteiger partial charge is 0.234 e. The molecule has 0 saturated heterocycles. The lowest BCUT2D eigenvalue weighted by molar-refractivity contribution is -0.122. The Hall–Kier alpha value is -2.04. The molecule has 5 heteroatoms. The highest BCUT2D eigenvalue weighted by Gasteiger charge is 2.14. The van der Waals surface area contributed by atoms with Gasteiger partial charge in [-0.3, -0.25) is 9.69 Å². The molecule has 24 heavy (non-hydrogen) atoms. The van der Waals surface area contributed by atoms with Crippen LogP contribution in [0.2, 0.25) is 5.02 Å². The predicted molar refractivity (Wildman–Crippen MR) is 97.3 cm³/mol. The van der Waals surface area contributed by atoms with Crippen LogP contribution in [0.25, 0.3) is 0 Å². The zero-order valence-electron chi connectivity index (χ0n) is 14.3. The number of hydrogen-bond donors (Lipinski definition) is 1. The lowest BCUT2D eigenvalue weighted by Crippen LogP contribution is -2.36. The van der Waals surface area contributed by atoms with Crippen LogP contribution in [0.15, 0.2) is 48.5 Å². The van der Waals surface area contributed by atoms with E-state index in [1.807, 2.05) is 60.5 Å². The minimum atomic E-state index is -0.00543. The number of rotatable bonds is 7. The van der Waals surface area contributed by atoms with Crippen LogP contribution in [-0.2, 0) is 11.3 Å². The van der Waals surface area contributed by atoms with Gasteiger partial charge < -0.3 is 10.1 Å². The second-order valence-corrected chi connectivity index (χ2v) is 6.20. The number of benzene rings is 2. The fraction of sp³-hybridized carbons (Fsp3) is 0.316. The van der Waals surface area contributed by atoms with Crippen molar-refractivity contribution in [1.29, 1.82) is 0 Å². The van der Waals surface area contributed by atoms with Crippen LogP contribution in [0.5, 0.6) is 5.75 Å². The Kier molecular flexibility index (Phi) is 6.64. The summed E-state index contributed by atoms with van der Waals surface area (Å²) in [6, 6.07) is 15.5. The van der Waals surface area contributed by atoms with E-state index >= 15 is 0 Å². The van der Waals surface area contributed by atoms with E-state index < -0.39 is 0 Å². The molecule has 0 fully saturated rings. The molecule has 1 atom stereocenters. The highest BCUT2D eigenvalue weighted by atomic mass is 35.5. The summed E-state index contributed by atoms with van der Waals surface area (Å²) in [6.07, 6.45) is 0. The fourth-order valence-electron chi connectivity index (χ4n) is 2.36. The summed E-state index contributed by atoms with van der Waals surface area (Å²) in [5.41, 5.74) is 2.17. The number of hydrogen-bond acceptors (Lipinski definition) is 3. The minimum Gasteiger partial charge on any atom is -0.497 e. The molecule has 128 valence electrons. The number of likely N-dealkylation sites (N-methyl/N-ethyl adjacent to an activating group) is 1. The van der Waals surface area contributed by atoms with E-state index in [1.54, 1.807) is 7.11 Å². The number of ether oxygens (including phenoxy) is 1. The largest absolute Gasteiger partial charge is 0.497 e. The van der Waals surface area contributed by atoms with Crippen LogP contribution in [0.4, 0.5) is 0 Å². The Balaban J connectivity index is 1.83. The molecule has 0 saturated carbocycles. The zero-order chi connectivity index (χ0) is 17.5. The number of carbonyl (C=O) groups is 1. The lowest BCUT2D eigenvalue weighted by atomic mass is 10.1. The van der Waals surface area contributed by atoms with Gasteiger partial charge in [0.05, 0.1) is 13.7 Å². The monoisotopic (exact) mass is 346 g/mol. The highest BCUT2D eigenvalue weighted by molar-refractivity contribution is 6.30. The summed E-state index contributed by atoms with van der Waals surface area (Å²) < 4.78 is 5.12. The molecule has 0 aliphatic carbocycles. The SMILES string of the molecule is COc1ccc(CNC(=O)CN(C)C(C)c2ccc(Cl)cc2)cc1. The number of amides is 1. The van der Waals surface area contributed by atoms with E-state index in [4.69, 9.17) is 16.3 Å². The van der Waals surface area contributed by atoms with Crippen LogP contribution < -0.4 is 10.1 Å². The number of nitrogens with one attached hydrogen (secondary N) is 1. The molecule has 4 nitrogen and oxygen atoms in total. The Morgan fingerprint density at radius 3 is 2.38 bits per heavy atom. The third-order valence-corrected chi connectivity index (χ3v) is 4.31. The maximum absolute atomic E-state index is 12.1. The van der Waals surface area contributed by atoms with Crippen LogP contribution in [0.3, 0.4) is 0 Å². The summed E-state index contributed by atoms with van der Waals surface area (Å²) in [5, 5.41) is 3.65. The average Bonchev–Trinajstić information content (AvgIpc) is 2.60. The van der Waals surface area contributed by atoms with Gasteiger partial charge in [-0.15, -0.1) is 0 Å². The molecule has 1 N–H and O–H groups in total. The maximum Gasteiger partial charge on any atom is 0.234 e. The number of methoxy groups -OCH3 is 1. The number of carbonyl (C=O) groups excluding carboxylic acids is 1. The van der Waals surface area contributed by atoms with Crippen LogP contribution >= 0.6 is 11.6 Å². The summed E-state index contributed by atoms with van der Waals surface area (Å²) in [6.45, 7) is 2.91. The summed E-state index contributed by atoms with van der Waals surface area (Å²) in [7, 11) is 3.57. The van der Waals surface area contributed by atoms with Crippen molar-refractivity contribution in [3.8, 4) is 5.75 Å². The number of halogens is 1. The standard InChI is InChI=1S/C19H23ClN2O2/c1-14(16-6-8-17(20)9-7-16)22(2)13-19(23)21-12-15-4-10-18(24-3)11-5-15/h4-11,14H,12-13H2,1-3H3,(H,21,23). The summed E-state index contributed by atoms with van der Waals surface area (Å²) >= 11 is 5.91. The molecule has 2 rings (SSSR count). The fourth-order valence-corrected chi connectivity index (χ4v) is 2.49. The Labute approximate surface area is 148 Å². The molecule has 0 spiro atoms. The zero-order valence-corrected chi connectivity index (χ0v) is 15.0. The van der Waals surface area contributed by atoms with Crippen molar-refractivity contribution in [3.05, 3.63) is 64.7 Å². The van der Waals surface area contributed by atoms with Gasteiger partial charge in [-0.2, -0.15) is 0 Å². The molecular formula is C19H23ClN2O2. The first-order valence-electron chi connectivity index (χ1n) is 7.85. The highest BCUT2D eigenvalue weighted by Crippen LogP contribution is 2.20. The third kappa shape index (κ3) is 5.25. The van der Waals surface area contributed by atoms with Crippen molar-refractivity contribution in [2.75, 3.05) is 20.7 Å². The van der Waals surface area contributed by atoms with E-state index in [0.29, 0.717) is 18.1 Å². The molecule has 0 aliphatic rings. The molecule has 2 aromatic carbocycles. The Bertz CT molecular complexity index is 656. The first-order valence-corrected chi connectivity index (χ1v) is 8.22. The van der Waals surface area contributed by atoms with Gasteiger partial charge in [0, 0.05) is 17.6 Å². The van der Waals surface area contributed by atoms with Crippen molar-refractivity contribution in [1.82, 2.24) is 10.2 Å². The van der Waals surface area contributed by atoms with Gasteiger partial charge in [-0.25, -0.2) is 0 Å². The van der Waals surface area contributed by atoms with E-state index in [1.165, 1.54) is 0 Å². The molecule has 0 radical (unpaired) electrons. The molecular weight excluding hydrogens is 324 g/mol.